The lowest BCUT2D eigenvalue weighted by molar-refractivity contribution is -0.303. The zero-order valence-electron chi connectivity index (χ0n) is 37.7. The van der Waals surface area contributed by atoms with Crippen molar-refractivity contribution in [3.8, 4) is 0 Å². The van der Waals surface area contributed by atoms with E-state index in [4.69, 9.17) is 9.47 Å². The molecule has 0 spiro atoms. The summed E-state index contributed by atoms with van der Waals surface area (Å²) < 4.78 is 11.1. The van der Waals surface area contributed by atoms with Crippen LogP contribution in [0, 0.1) is 0 Å². The topological polar surface area (TPSA) is 189 Å². The van der Waals surface area contributed by atoms with Gasteiger partial charge in [-0.3, -0.25) is 4.79 Å². The fourth-order valence-electron chi connectivity index (χ4n) is 7.97. The molecule has 0 radical (unpaired) electrons. The summed E-state index contributed by atoms with van der Waals surface area (Å²) >= 11 is 0. The molecule has 0 bridgehead atoms. The van der Waals surface area contributed by atoms with E-state index in [1.807, 2.05) is 0 Å². The Morgan fingerprint density at radius 2 is 1.00 bits per heavy atom. The Kier molecular flexibility index (Phi) is 36.5. The molecular formula is C48H93NO10. The van der Waals surface area contributed by atoms with Gasteiger partial charge in [0.05, 0.1) is 25.4 Å². The van der Waals surface area contributed by atoms with Gasteiger partial charge in [0.25, 0.3) is 0 Å². The average molecular weight is 844 g/mol. The molecule has 9 atom stereocenters. The summed E-state index contributed by atoms with van der Waals surface area (Å²) in [6.07, 6.45) is 29.7. The monoisotopic (exact) mass is 844 g/mol. The summed E-state index contributed by atoms with van der Waals surface area (Å²) in [7, 11) is 0. The predicted octanol–water partition coefficient (Wildman–Crippen LogP) is 8.45. The van der Waals surface area contributed by atoms with Gasteiger partial charge in [-0.05, 0) is 38.5 Å². The Labute approximate surface area is 360 Å². The third kappa shape index (κ3) is 28.2. The normalized spacial score (nSPS) is 21.8. The molecule has 11 heteroatoms. The second kappa shape index (κ2) is 38.5. The van der Waals surface area contributed by atoms with Gasteiger partial charge in [0.2, 0.25) is 5.91 Å². The number of hydrogen-bond acceptors (Lipinski definition) is 10. The van der Waals surface area contributed by atoms with Gasteiger partial charge in [-0.25, -0.2) is 0 Å². The van der Waals surface area contributed by atoms with Crippen LogP contribution in [-0.4, -0.2) is 110 Å². The molecule has 1 saturated heterocycles. The SMILES string of the molecule is CCCCCCCCCCCC/C=C/CCCC(O)C(O)C(COC1OC(CO)C(O)C(O)C1O)NC(=O)C(O)CCCCCCCCCCCCCCCCCCC. The molecule has 1 aliphatic rings. The van der Waals surface area contributed by atoms with Crippen LogP contribution in [0.3, 0.4) is 0 Å². The van der Waals surface area contributed by atoms with Gasteiger partial charge in [0.1, 0.15) is 36.6 Å². The third-order valence-corrected chi connectivity index (χ3v) is 12.1. The molecule has 1 heterocycles. The highest BCUT2D eigenvalue weighted by molar-refractivity contribution is 5.80. The first-order chi connectivity index (χ1) is 28.7. The number of carbonyl (C=O) groups excluding carboxylic acids is 1. The molecule has 8 N–H and O–H groups in total. The van der Waals surface area contributed by atoms with E-state index in [0.29, 0.717) is 12.8 Å². The quantitative estimate of drug-likeness (QED) is 0.0219. The fraction of sp³-hybridized carbons (Fsp3) is 0.938. The Bertz CT molecular complexity index is 970. The summed E-state index contributed by atoms with van der Waals surface area (Å²) in [4.78, 5) is 13.1. The first kappa shape index (κ1) is 55.9. The molecule has 0 aliphatic carbocycles. The van der Waals surface area contributed by atoms with Gasteiger partial charge in [-0.1, -0.05) is 193 Å². The van der Waals surface area contributed by atoms with Crippen molar-refractivity contribution in [1.29, 1.82) is 0 Å². The summed E-state index contributed by atoms with van der Waals surface area (Å²) in [5.74, 6) is -0.704. The van der Waals surface area contributed by atoms with Gasteiger partial charge >= 0.3 is 0 Å². The van der Waals surface area contributed by atoms with Gasteiger partial charge in [0, 0.05) is 0 Å². The average Bonchev–Trinajstić information content (AvgIpc) is 3.23. The third-order valence-electron chi connectivity index (χ3n) is 12.1. The van der Waals surface area contributed by atoms with Crippen LogP contribution in [0.4, 0.5) is 0 Å². The summed E-state index contributed by atoms with van der Waals surface area (Å²) in [5, 5.41) is 75.7. The number of aliphatic hydroxyl groups is 7. The molecule has 9 unspecified atom stereocenters. The number of aliphatic hydroxyl groups excluding tert-OH is 7. The molecule has 0 aromatic carbocycles. The number of nitrogens with one attached hydrogen (secondary N) is 1. The number of rotatable bonds is 41. The van der Waals surface area contributed by atoms with Crippen molar-refractivity contribution in [2.45, 2.75) is 274 Å². The molecule has 0 saturated carbocycles. The molecule has 11 nitrogen and oxygen atoms in total. The summed E-state index contributed by atoms with van der Waals surface area (Å²) in [5.41, 5.74) is 0. The minimum atomic E-state index is -1.66. The standard InChI is InChI=1S/C48H93NO10/c1-3-5-7-9-11-13-15-17-19-20-22-24-26-28-30-32-34-36-41(52)47(57)49-39(38-58-48-46(56)45(55)44(54)42(37-50)59-48)43(53)40(51)35-33-31-29-27-25-23-21-18-16-14-12-10-8-6-4-2/h27,29,39-46,48,50-56H,3-26,28,30-38H2,1-2H3,(H,49,57)/b29-27+. The van der Waals surface area contributed by atoms with Crippen molar-refractivity contribution in [2.24, 2.45) is 0 Å². The van der Waals surface area contributed by atoms with Gasteiger partial charge in [-0.15, -0.1) is 0 Å². The molecule has 0 aromatic rings. The van der Waals surface area contributed by atoms with Crippen molar-refractivity contribution in [2.75, 3.05) is 13.2 Å². The van der Waals surface area contributed by atoms with E-state index in [2.05, 4.69) is 31.3 Å². The number of amides is 1. The fourth-order valence-corrected chi connectivity index (χ4v) is 7.97. The zero-order chi connectivity index (χ0) is 43.4. The smallest absolute Gasteiger partial charge is 0.249 e. The maximum atomic E-state index is 13.1. The van der Waals surface area contributed by atoms with E-state index < -0.39 is 74.2 Å². The minimum Gasteiger partial charge on any atom is -0.394 e. The molecule has 1 rings (SSSR count). The lowest BCUT2D eigenvalue weighted by Crippen LogP contribution is -2.60. The molecule has 1 aliphatic heterocycles. The zero-order valence-corrected chi connectivity index (χ0v) is 37.7. The maximum Gasteiger partial charge on any atom is 0.249 e. The van der Waals surface area contributed by atoms with Crippen molar-refractivity contribution in [1.82, 2.24) is 5.32 Å². The highest BCUT2D eigenvalue weighted by Gasteiger charge is 2.44. The van der Waals surface area contributed by atoms with Crippen LogP contribution in [0.1, 0.15) is 219 Å². The van der Waals surface area contributed by atoms with E-state index in [9.17, 15) is 40.5 Å². The van der Waals surface area contributed by atoms with Crippen LogP contribution < -0.4 is 5.32 Å². The number of unbranched alkanes of at least 4 members (excludes halogenated alkanes) is 27. The Balaban J connectivity index is 2.43. The predicted molar refractivity (Wildman–Crippen MR) is 238 cm³/mol. The lowest BCUT2D eigenvalue weighted by atomic mass is 9.98. The molecule has 59 heavy (non-hydrogen) atoms. The second-order valence-electron chi connectivity index (χ2n) is 17.5. The van der Waals surface area contributed by atoms with Crippen LogP contribution >= 0.6 is 0 Å². The summed E-state index contributed by atoms with van der Waals surface area (Å²) in [6, 6.07) is -1.18. The number of ether oxygens (including phenoxy) is 2. The van der Waals surface area contributed by atoms with Crippen molar-refractivity contribution < 1.29 is 50.0 Å². The largest absolute Gasteiger partial charge is 0.394 e. The minimum absolute atomic E-state index is 0.259. The molecule has 1 amide bonds. The van der Waals surface area contributed by atoms with Crippen molar-refractivity contribution >= 4 is 5.91 Å². The van der Waals surface area contributed by atoms with E-state index in [-0.39, 0.29) is 12.8 Å². The lowest BCUT2D eigenvalue weighted by Gasteiger charge is -2.40. The molecule has 0 aromatic heterocycles. The maximum absolute atomic E-state index is 13.1. The Morgan fingerprint density at radius 1 is 0.576 bits per heavy atom. The first-order valence-electron chi connectivity index (χ1n) is 24.6. The summed E-state index contributed by atoms with van der Waals surface area (Å²) in [6.45, 7) is 3.44. The number of allylic oxidation sites excluding steroid dienone is 2. The Morgan fingerprint density at radius 3 is 1.46 bits per heavy atom. The van der Waals surface area contributed by atoms with Crippen LogP contribution in [0.5, 0.6) is 0 Å². The van der Waals surface area contributed by atoms with Crippen LogP contribution in [0.25, 0.3) is 0 Å². The van der Waals surface area contributed by atoms with Gasteiger partial charge in [0.15, 0.2) is 6.29 Å². The van der Waals surface area contributed by atoms with E-state index >= 15 is 0 Å². The molecular weight excluding hydrogens is 751 g/mol. The van der Waals surface area contributed by atoms with Crippen LogP contribution in [0.15, 0.2) is 12.2 Å². The van der Waals surface area contributed by atoms with E-state index in [1.165, 1.54) is 141 Å². The molecule has 350 valence electrons. The van der Waals surface area contributed by atoms with E-state index in [0.717, 1.165) is 38.5 Å². The van der Waals surface area contributed by atoms with Crippen LogP contribution in [0.2, 0.25) is 0 Å². The second-order valence-corrected chi connectivity index (χ2v) is 17.5. The highest BCUT2D eigenvalue weighted by Crippen LogP contribution is 2.23. The van der Waals surface area contributed by atoms with Crippen molar-refractivity contribution in [3.05, 3.63) is 12.2 Å². The van der Waals surface area contributed by atoms with Crippen molar-refractivity contribution in [3.63, 3.8) is 0 Å². The van der Waals surface area contributed by atoms with Gasteiger partial charge < -0.3 is 50.5 Å². The number of hydrogen-bond donors (Lipinski definition) is 8. The number of carbonyl (C=O) groups is 1. The van der Waals surface area contributed by atoms with Crippen LogP contribution in [-0.2, 0) is 14.3 Å². The molecule has 1 fully saturated rings. The van der Waals surface area contributed by atoms with E-state index in [1.54, 1.807) is 0 Å². The Hall–Kier alpha value is -1.15. The highest BCUT2D eigenvalue weighted by atomic mass is 16.7. The first-order valence-corrected chi connectivity index (χ1v) is 24.6. The van der Waals surface area contributed by atoms with Gasteiger partial charge in [-0.2, -0.15) is 0 Å².